The number of methoxy groups -OCH3 is 1. The quantitative estimate of drug-likeness (QED) is 0.662. The molecule has 0 saturated carbocycles. The van der Waals surface area contributed by atoms with Crippen LogP contribution in [0.15, 0.2) is 42.5 Å². The Bertz CT molecular complexity index is 794. The molecule has 1 aliphatic rings. The van der Waals surface area contributed by atoms with Crippen molar-refractivity contribution in [1.29, 1.82) is 0 Å². The van der Waals surface area contributed by atoms with Crippen molar-refractivity contribution in [3.63, 3.8) is 0 Å². The molecule has 6 heteroatoms. The minimum absolute atomic E-state index is 0.0488. The lowest BCUT2D eigenvalue weighted by Gasteiger charge is -2.19. The van der Waals surface area contributed by atoms with Crippen LogP contribution in [0.2, 0.25) is 0 Å². The van der Waals surface area contributed by atoms with Gasteiger partial charge in [-0.2, -0.15) is 0 Å². The number of carbonyl (C=O) groups is 1. The number of benzene rings is 2. The van der Waals surface area contributed by atoms with Gasteiger partial charge in [-0.05, 0) is 35.7 Å². The highest BCUT2D eigenvalue weighted by atomic mass is 16.5. The predicted octanol–water partition coefficient (Wildman–Crippen LogP) is 1.96. The maximum atomic E-state index is 11.6. The van der Waals surface area contributed by atoms with Gasteiger partial charge in [0, 0.05) is 19.5 Å². The zero-order chi connectivity index (χ0) is 19.2. The Kier molecular flexibility index (Phi) is 6.32. The van der Waals surface area contributed by atoms with Crippen LogP contribution in [0.25, 0.3) is 0 Å². The summed E-state index contributed by atoms with van der Waals surface area (Å²) >= 11 is 0. The van der Waals surface area contributed by atoms with Crippen LogP contribution in [0.5, 0.6) is 11.5 Å². The van der Waals surface area contributed by atoms with Crippen molar-refractivity contribution in [2.45, 2.75) is 32.0 Å². The average molecular weight is 370 g/mol. The molecule has 0 heterocycles. The maximum absolute atomic E-state index is 11.6. The number of nitrogens with one attached hydrogen (secondary N) is 2. The Hall–Kier alpha value is -2.57. The Morgan fingerprint density at radius 1 is 1.22 bits per heavy atom. The molecule has 27 heavy (non-hydrogen) atoms. The summed E-state index contributed by atoms with van der Waals surface area (Å²) in [6, 6.07) is 13.6. The van der Waals surface area contributed by atoms with Crippen LogP contribution in [0, 0.1) is 0 Å². The fraction of sp³-hybridized carbons (Fsp3) is 0.381. The number of amides is 1. The monoisotopic (exact) mass is 370 g/mol. The van der Waals surface area contributed by atoms with E-state index in [0.29, 0.717) is 31.0 Å². The van der Waals surface area contributed by atoms with Gasteiger partial charge >= 0.3 is 0 Å². The van der Waals surface area contributed by atoms with Gasteiger partial charge in [0.25, 0.3) is 5.91 Å². The molecule has 0 radical (unpaired) electrons. The fourth-order valence-electron chi connectivity index (χ4n) is 3.38. The molecule has 6 nitrogen and oxygen atoms in total. The SMILES string of the molecule is CCNC(=O)COc1ccc(CN[C@H]2c3ccccc3C[C@H]2O)cc1OC. The van der Waals surface area contributed by atoms with E-state index in [1.54, 1.807) is 13.2 Å². The summed E-state index contributed by atoms with van der Waals surface area (Å²) in [4.78, 5) is 11.6. The molecule has 144 valence electrons. The third kappa shape index (κ3) is 4.59. The summed E-state index contributed by atoms with van der Waals surface area (Å²) < 4.78 is 10.9. The van der Waals surface area contributed by atoms with E-state index in [-0.39, 0.29) is 18.6 Å². The fourth-order valence-corrected chi connectivity index (χ4v) is 3.38. The van der Waals surface area contributed by atoms with Crippen LogP contribution in [0.1, 0.15) is 29.7 Å². The van der Waals surface area contributed by atoms with Crippen molar-refractivity contribution in [2.24, 2.45) is 0 Å². The van der Waals surface area contributed by atoms with E-state index in [9.17, 15) is 9.90 Å². The Morgan fingerprint density at radius 2 is 2.04 bits per heavy atom. The van der Waals surface area contributed by atoms with Gasteiger partial charge in [0.15, 0.2) is 18.1 Å². The highest BCUT2D eigenvalue weighted by molar-refractivity contribution is 5.77. The van der Waals surface area contributed by atoms with Crippen LogP contribution in [0.4, 0.5) is 0 Å². The minimum atomic E-state index is -0.427. The number of rotatable bonds is 8. The number of fused-ring (bicyclic) bond motifs is 1. The molecule has 0 aromatic heterocycles. The molecule has 0 bridgehead atoms. The van der Waals surface area contributed by atoms with Crippen LogP contribution in [-0.2, 0) is 17.8 Å². The summed E-state index contributed by atoms with van der Waals surface area (Å²) in [5.41, 5.74) is 3.35. The minimum Gasteiger partial charge on any atom is -0.493 e. The van der Waals surface area contributed by atoms with E-state index in [1.165, 1.54) is 5.56 Å². The van der Waals surface area contributed by atoms with E-state index >= 15 is 0 Å². The lowest BCUT2D eigenvalue weighted by atomic mass is 10.1. The van der Waals surface area contributed by atoms with Gasteiger partial charge in [-0.25, -0.2) is 0 Å². The van der Waals surface area contributed by atoms with Gasteiger partial charge in [0.1, 0.15) is 0 Å². The van der Waals surface area contributed by atoms with E-state index in [4.69, 9.17) is 9.47 Å². The number of hydrogen-bond donors (Lipinski definition) is 3. The van der Waals surface area contributed by atoms with Crippen molar-refractivity contribution in [3.05, 3.63) is 59.2 Å². The smallest absolute Gasteiger partial charge is 0.257 e. The van der Waals surface area contributed by atoms with Gasteiger partial charge < -0.3 is 25.2 Å². The van der Waals surface area contributed by atoms with Gasteiger partial charge in [0.05, 0.1) is 19.3 Å². The molecule has 1 aliphatic carbocycles. The zero-order valence-electron chi connectivity index (χ0n) is 15.7. The third-order valence-corrected chi connectivity index (χ3v) is 4.69. The topological polar surface area (TPSA) is 79.8 Å². The summed E-state index contributed by atoms with van der Waals surface area (Å²) in [6.45, 7) is 2.97. The van der Waals surface area contributed by atoms with Crippen LogP contribution >= 0.6 is 0 Å². The summed E-state index contributed by atoms with van der Waals surface area (Å²) in [5.74, 6) is 0.934. The molecule has 2 atom stereocenters. The van der Waals surface area contributed by atoms with E-state index < -0.39 is 6.10 Å². The van der Waals surface area contributed by atoms with Gasteiger partial charge in [0.2, 0.25) is 0 Å². The first-order chi connectivity index (χ1) is 13.1. The molecular formula is C21H26N2O4. The molecule has 2 aromatic rings. The molecule has 3 rings (SSSR count). The van der Waals surface area contributed by atoms with E-state index in [1.807, 2.05) is 31.2 Å². The standard InChI is InChI=1S/C21H26N2O4/c1-3-22-20(25)13-27-18-9-8-14(10-19(18)26-2)12-23-21-16-7-5-4-6-15(16)11-17(21)24/h4-10,17,21,23-24H,3,11-13H2,1-2H3,(H,22,25)/t17-,21+/m1/s1. The Morgan fingerprint density at radius 3 is 2.81 bits per heavy atom. The molecule has 0 fully saturated rings. The van der Waals surface area contributed by atoms with Crippen LogP contribution < -0.4 is 20.1 Å². The number of aliphatic hydroxyl groups excluding tert-OH is 1. The summed E-state index contributed by atoms with van der Waals surface area (Å²) in [7, 11) is 1.57. The second-order valence-electron chi connectivity index (χ2n) is 6.56. The molecular weight excluding hydrogens is 344 g/mol. The van der Waals surface area contributed by atoms with Crippen molar-refractivity contribution in [2.75, 3.05) is 20.3 Å². The maximum Gasteiger partial charge on any atom is 0.257 e. The summed E-state index contributed by atoms with van der Waals surface area (Å²) in [6.07, 6.45) is 0.244. The summed E-state index contributed by atoms with van der Waals surface area (Å²) in [5, 5.41) is 16.5. The first-order valence-electron chi connectivity index (χ1n) is 9.18. The second-order valence-corrected chi connectivity index (χ2v) is 6.56. The van der Waals surface area contributed by atoms with Gasteiger partial charge in [-0.15, -0.1) is 0 Å². The van der Waals surface area contributed by atoms with E-state index in [2.05, 4.69) is 22.8 Å². The van der Waals surface area contributed by atoms with Crippen LogP contribution in [-0.4, -0.2) is 37.4 Å². The molecule has 0 spiro atoms. The molecule has 3 N–H and O–H groups in total. The Balaban J connectivity index is 1.63. The van der Waals surface area contributed by atoms with Crippen molar-refractivity contribution in [1.82, 2.24) is 10.6 Å². The van der Waals surface area contributed by atoms with Crippen molar-refractivity contribution < 1.29 is 19.4 Å². The molecule has 0 saturated heterocycles. The number of likely N-dealkylation sites (N-methyl/N-ethyl adjacent to an activating group) is 1. The highest BCUT2D eigenvalue weighted by Crippen LogP contribution is 2.32. The van der Waals surface area contributed by atoms with Gasteiger partial charge in [-0.3, -0.25) is 4.79 Å². The third-order valence-electron chi connectivity index (χ3n) is 4.69. The molecule has 2 aromatic carbocycles. The zero-order valence-corrected chi connectivity index (χ0v) is 15.7. The van der Waals surface area contributed by atoms with Gasteiger partial charge in [-0.1, -0.05) is 30.3 Å². The number of aliphatic hydroxyl groups is 1. The predicted molar refractivity (Wildman–Crippen MR) is 103 cm³/mol. The number of hydrogen-bond acceptors (Lipinski definition) is 5. The van der Waals surface area contributed by atoms with E-state index in [0.717, 1.165) is 11.1 Å². The van der Waals surface area contributed by atoms with Crippen molar-refractivity contribution in [3.8, 4) is 11.5 Å². The molecule has 1 amide bonds. The largest absolute Gasteiger partial charge is 0.493 e. The van der Waals surface area contributed by atoms with Crippen molar-refractivity contribution >= 4 is 5.91 Å². The first kappa shape index (κ1) is 19.2. The lowest BCUT2D eigenvalue weighted by Crippen LogP contribution is -2.28. The number of ether oxygens (including phenoxy) is 2. The number of carbonyl (C=O) groups excluding carboxylic acids is 1. The molecule has 0 unspecified atom stereocenters. The Labute approximate surface area is 159 Å². The lowest BCUT2D eigenvalue weighted by molar-refractivity contribution is -0.123. The normalized spacial score (nSPS) is 18.0. The van der Waals surface area contributed by atoms with Crippen LogP contribution in [0.3, 0.4) is 0 Å². The second kappa shape index (κ2) is 8.88. The molecule has 0 aliphatic heterocycles. The first-order valence-corrected chi connectivity index (χ1v) is 9.18. The highest BCUT2D eigenvalue weighted by Gasteiger charge is 2.30. The average Bonchev–Trinajstić information content (AvgIpc) is 3.00.